The summed E-state index contributed by atoms with van der Waals surface area (Å²) in [5.74, 6) is 2.92. The minimum Gasteiger partial charge on any atom is -0.494 e. The molecule has 0 fully saturated rings. The maximum Gasteiger partial charge on any atom is 0.119 e. The van der Waals surface area contributed by atoms with Crippen molar-refractivity contribution in [2.24, 2.45) is 5.73 Å². The van der Waals surface area contributed by atoms with Crippen molar-refractivity contribution in [2.75, 3.05) is 12.4 Å². The summed E-state index contributed by atoms with van der Waals surface area (Å²) in [5, 5.41) is 0.848. The first-order valence-corrected chi connectivity index (χ1v) is 8.56. The van der Waals surface area contributed by atoms with Crippen LogP contribution in [0.5, 0.6) is 5.75 Å². The molecule has 0 bridgehead atoms. The van der Waals surface area contributed by atoms with E-state index in [0.29, 0.717) is 6.54 Å². The smallest absolute Gasteiger partial charge is 0.119 e. The SMILES string of the molecule is NCc1ccc(OCCCSCc2ccccc2Cl)cc1. The van der Waals surface area contributed by atoms with E-state index in [1.807, 2.05) is 54.2 Å². The molecule has 21 heavy (non-hydrogen) atoms. The van der Waals surface area contributed by atoms with Gasteiger partial charge in [0, 0.05) is 17.3 Å². The van der Waals surface area contributed by atoms with E-state index >= 15 is 0 Å². The summed E-state index contributed by atoms with van der Waals surface area (Å²) in [6.07, 6.45) is 1.02. The van der Waals surface area contributed by atoms with Crippen LogP contribution in [-0.2, 0) is 12.3 Å². The van der Waals surface area contributed by atoms with Crippen molar-refractivity contribution in [3.8, 4) is 5.75 Å². The van der Waals surface area contributed by atoms with Crippen molar-refractivity contribution in [1.82, 2.24) is 0 Å². The van der Waals surface area contributed by atoms with E-state index in [4.69, 9.17) is 22.1 Å². The van der Waals surface area contributed by atoms with E-state index in [0.717, 1.165) is 40.9 Å². The summed E-state index contributed by atoms with van der Waals surface area (Å²) in [5.41, 5.74) is 7.88. The summed E-state index contributed by atoms with van der Waals surface area (Å²) < 4.78 is 5.70. The largest absolute Gasteiger partial charge is 0.494 e. The van der Waals surface area contributed by atoms with Crippen molar-refractivity contribution in [3.63, 3.8) is 0 Å². The van der Waals surface area contributed by atoms with E-state index < -0.39 is 0 Å². The highest BCUT2D eigenvalue weighted by Crippen LogP contribution is 2.21. The zero-order valence-corrected chi connectivity index (χ0v) is 13.5. The van der Waals surface area contributed by atoms with Crippen LogP contribution in [0.2, 0.25) is 5.02 Å². The molecule has 2 nitrogen and oxygen atoms in total. The molecule has 0 aliphatic heterocycles. The Morgan fingerprint density at radius 3 is 2.52 bits per heavy atom. The quantitative estimate of drug-likeness (QED) is 0.727. The number of thioether (sulfide) groups is 1. The summed E-state index contributed by atoms with van der Waals surface area (Å²) in [6, 6.07) is 15.9. The van der Waals surface area contributed by atoms with Gasteiger partial charge < -0.3 is 10.5 Å². The molecule has 4 heteroatoms. The normalized spacial score (nSPS) is 10.6. The maximum atomic E-state index is 6.12. The van der Waals surface area contributed by atoms with Crippen LogP contribution in [0, 0.1) is 0 Å². The summed E-state index contributed by atoms with van der Waals surface area (Å²) >= 11 is 8.00. The average Bonchev–Trinajstić information content (AvgIpc) is 2.53. The van der Waals surface area contributed by atoms with Crippen LogP contribution in [0.3, 0.4) is 0 Å². The predicted molar refractivity (Wildman–Crippen MR) is 92.1 cm³/mol. The Morgan fingerprint density at radius 2 is 1.81 bits per heavy atom. The highest BCUT2D eigenvalue weighted by molar-refractivity contribution is 7.98. The number of hydrogen-bond donors (Lipinski definition) is 1. The Hall–Kier alpha value is -1.16. The number of ether oxygens (including phenoxy) is 1. The highest BCUT2D eigenvalue weighted by Gasteiger charge is 1.99. The molecular formula is C17H20ClNOS. The zero-order valence-electron chi connectivity index (χ0n) is 11.9. The number of hydrogen-bond acceptors (Lipinski definition) is 3. The molecular weight excluding hydrogens is 302 g/mol. The van der Waals surface area contributed by atoms with Crippen molar-refractivity contribution in [1.29, 1.82) is 0 Å². The molecule has 112 valence electrons. The van der Waals surface area contributed by atoms with Gasteiger partial charge in [-0.15, -0.1) is 0 Å². The van der Waals surface area contributed by atoms with Gasteiger partial charge in [0.25, 0.3) is 0 Å². The molecule has 0 heterocycles. The van der Waals surface area contributed by atoms with Crippen molar-refractivity contribution >= 4 is 23.4 Å². The lowest BCUT2D eigenvalue weighted by Crippen LogP contribution is -2.00. The van der Waals surface area contributed by atoms with Crippen LogP contribution < -0.4 is 10.5 Å². The Labute approximate surface area is 135 Å². The molecule has 0 saturated heterocycles. The van der Waals surface area contributed by atoms with Crippen molar-refractivity contribution < 1.29 is 4.74 Å². The molecule has 0 atom stereocenters. The molecule has 2 rings (SSSR count). The standard InChI is InChI=1S/C17H20ClNOS/c18-17-5-2-1-4-15(17)13-21-11-3-10-20-16-8-6-14(12-19)7-9-16/h1-2,4-9H,3,10-13,19H2. The number of nitrogens with two attached hydrogens (primary N) is 1. The third kappa shape index (κ3) is 5.62. The van der Waals surface area contributed by atoms with Crippen LogP contribution in [-0.4, -0.2) is 12.4 Å². The van der Waals surface area contributed by atoms with Crippen molar-refractivity contribution in [3.05, 3.63) is 64.7 Å². The minimum atomic E-state index is 0.568. The number of halogens is 1. The second-order valence-corrected chi connectivity index (χ2v) is 6.21. The first-order valence-electron chi connectivity index (χ1n) is 7.02. The first kappa shape index (κ1) is 16.2. The van der Waals surface area contributed by atoms with Gasteiger partial charge in [-0.05, 0) is 41.5 Å². The second-order valence-electron chi connectivity index (χ2n) is 4.69. The van der Waals surface area contributed by atoms with Gasteiger partial charge in [-0.2, -0.15) is 11.8 Å². The van der Waals surface area contributed by atoms with Gasteiger partial charge in [-0.3, -0.25) is 0 Å². The Kier molecular flexibility index (Phi) is 6.93. The lowest BCUT2D eigenvalue weighted by Gasteiger charge is -2.07. The maximum absolute atomic E-state index is 6.12. The van der Waals surface area contributed by atoms with Crippen LogP contribution in [0.1, 0.15) is 17.5 Å². The fourth-order valence-electron chi connectivity index (χ4n) is 1.87. The van der Waals surface area contributed by atoms with Gasteiger partial charge in [0.15, 0.2) is 0 Å². The third-order valence-electron chi connectivity index (χ3n) is 3.08. The Bertz CT molecular complexity index is 545. The third-order valence-corrected chi connectivity index (χ3v) is 4.54. The molecule has 0 aliphatic rings. The minimum absolute atomic E-state index is 0.568. The van der Waals surface area contributed by atoms with Gasteiger partial charge in [0.1, 0.15) is 5.75 Å². The van der Waals surface area contributed by atoms with Crippen LogP contribution >= 0.6 is 23.4 Å². The van der Waals surface area contributed by atoms with Gasteiger partial charge in [0.05, 0.1) is 6.61 Å². The van der Waals surface area contributed by atoms with Gasteiger partial charge >= 0.3 is 0 Å². The van der Waals surface area contributed by atoms with Gasteiger partial charge in [0.2, 0.25) is 0 Å². The van der Waals surface area contributed by atoms with Crippen LogP contribution in [0.4, 0.5) is 0 Å². The highest BCUT2D eigenvalue weighted by atomic mass is 35.5. The van der Waals surface area contributed by atoms with Crippen LogP contribution in [0.25, 0.3) is 0 Å². The second kappa shape index (κ2) is 8.98. The molecule has 2 aromatic carbocycles. The van der Waals surface area contributed by atoms with E-state index in [1.54, 1.807) is 0 Å². The van der Waals surface area contributed by atoms with Gasteiger partial charge in [-0.1, -0.05) is 41.9 Å². The zero-order chi connectivity index (χ0) is 14.9. The average molecular weight is 322 g/mol. The van der Waals surface area contributed by atoms with Crippen LogP contribution in [0.15, 0.2) is 48.5 Å². The molecule has 0 unspecified atom stereocenters. The molecule has 0 aliphatic carbocycles. The van der Waals surface area contributed by atoms with E-state index in [9.17, 15) is 0 Å². The summed E-state index contributed by atoms with van der Waals surface area (Å²) in [4.78, 5) is 0. The van der Waals surface area contributed by atoms with E-state index in [2.05, 4.69) is 6.07 Å². The van der Waals surface area contributed by atoms with Crippen molar-refractivity contribution in [2.45, 2.75) is 18.7 Å². The fourth-order valence-corrected chi connectivity index (χ4v) is 3.09. The first-order chi connectivity index (χ1) is 10.3. The predicted octanol–water partition coefficient (Wildman–Crippen LogP) is 4.50. The Balaban J connectivity index is 1.60. The summed E-state index contributed by atoms with van der Waals surface area (Å²) in [6.45, 7) is 1.30. The summed E-state index contributed by atoms with van der Waals surface area (Å²) in [7, 11) is 0. The topological polar surface area (TPSA) is 35.2 Å². The monoisotopic (exact) mass is 321 g/mol. The molecule has 2 N–H and O–H groups in total. The van der Waals surface area contributed by atoms with E-state index in [1.165, 1.54) is 5.56 Å². The Morgan fingerprint density at radius 1 is 1.05 bits per heavy atom. The van der Waals surface area contributed by atoms with Gasteiger partial charge in [-0.25, -0.2) is 0 Å². The van der Waals surface area contributed by atoms with E-state index in [-0.39, 0.29) is 0 Å². The fraction of sp³-hybridized carbons (Fsp3) is 0.294. The number of rotatable bonds is 8. The molecule has 0 saturated carbocycles. The lowest BCUT2D eigenvalue weighted by atomic mass is 10.2. The molecule has 0 radical (unpaired) electrons. The number of benzene rings is 2. The molecule has 2 aromatic rings. The molecule has 0 amide bonds. The molecule has 0 spiro atoms. The lowest BCUT2D eigenvalue weighted by molar-refractivity contribution is 0.318. The molecule has 0 aromatic heterocycles.